The van der Waals surface area contributed by atoms with Gasteiger partial charge in [-0.25, -0.2) is 4.98 Å². The van der Waals surface area contributed by atoms with Crippen LogP contribution in [0.1, 0.15) is 16.7 Å². The Bertz CT molecular complexity index is 582. The lowest BCUT2D eigenvalue weighted by molar-refractivity contribution is 1.32. The highest BCUT2D eigenvalue weighted by Crippen LogP contribution is 2.23. The summed E-state index contributed by atoms with van der Waals surface area (Å²) in [5, 5.41) is 10.1. The summed E-state index contributed by atoms with van der Waals surface area (Å²) in [5.74, 6) is 0. The molecule has 0 N–H and O–H groups in total. The Labute approximate surface area is 93.1 Å². The van der Waals surface area contributed by atoms with Crippen LogP contribution < -0.4 is 0 Å². The predicted molar refractivity (Wildman–Crippen MR) is 60.9 cm³/mol. The molecular weight excluding hydrogens is 208 g/mol. The summed E-state index contributed by atoms with van der Waals surface area (Å²) in [4.78, 5) is 4.23. The number of hydrogen-bond donors (Lipinski definition) is 0. The number of halogens is 1. The van der Waals surface area contributed by atoms with Gasteiger partial charge in [0.05, 0.1) is 11.1 Å². The van der Waals surface area contributed by atoms with Gasteiger partial charge in [0.15, 0.2) is 0 Å². The first-order valence-corrected chi connectivity index (χ1v) is 4.97. The van der Waals surface area contributed by atoms with Crippen LogP contribution in [0.2, 0.25) is 5.15 Å². The van der Waals surface area contributed by atoms with E-state index in [-0.39, 0.29) is 5.15 Å². The quantitative estimate of drug-likeness (QED) is 0.633. The second kappa shape index (κ2) is 3.52. The predicted octanol–water partition coefficient (Wildman–Crippen LogP) is 3.38. The SMILES string of the molecule is Cc1cc(C)c2nc(Cl)c(C#N)cc2c1. The van der Waals surface area contributed by atoms with E-state index in [1.807, 2.05) is 26.0 Å². The molecule has 1 heterocycles. The molecule has 0 saturated carbocycles. The third-order valence-corrected chi connectivity index (χ3v) is 2.61. The fraction of sp³-hybridized carbons (Fsp3) is 0.167. The van der Waals surface area contributed by atoms with Crippen LogP contribution in [0.15, 0.2) is 18.2 Å². The van der Waals surface area contributed by atoms with Gasteiger partial charge in [0.25, 0.3) is 0 Å². The van der Waals surface area contributed by atoms with Gasteiger partial charge in [-0.2, -0.15) is 5.26 Å². The highest BCUT2D eigenvalue weighted by molar-refractivity contribution is 6.31. The van der Waals surface area contributed by atoms with Crippen molar-refractivity contribution in [2.24, 2.45) is 0 Å². The van der Waals surface area contributed by atoms with Crippen LogP contribution in [0.5, 0.6) is 0 Å². The molecule has 0 bridgehead atoms. The van der Waals surface area contributed by atoms with Crippen molar-refractivity contribution in [2.75, 3.05) is 0 Å². The van der Waals surface area contributed by atoms with Crippen molar-refractivity contribution in [3.63, 3.8) is 0 Å². The lowest BCUT2D eigenvalue weighted by Gasteiger charge is -2.04. The smallest absolute Gasteiger partial charge is 0.147 e. The zero-order chi connectivity index (χ0) is 11.0. The maximum absolute atomic E-state index is 8.84. The Balaban J connectivity index is 2.89. The van der Waals surface area contributed by atoms with Crippen molar-refractivity contribution in [3.8, 4) is 6.07 Å². The van der Waals surface area contributed by atoms with Gasteiger partial charge in [-0.1, -0.05) is 23.2 Å². The molecule has 0 atom stereocenters. The van der Waals surface area contributed by atoms with E-state index < -0.39 is 0 Å². The van der Waals surface area contributed by atoms with Crippen LogP contribution in [-0.2, 0) is 0 Å². The van der Waals surface area contributed by atoms with E-state index in [4.69, 9.17) is 16.9 Å². The number of pyridine rings is 1. The molecule has 2 aromatic rings. The zero-order valence-corrected chi connectivity index (χ0v) is 9.26. The van der Waals surface area contributed by atoms with E-state index in [1.165, 1.54) is 0 Å². The van der Waals surface area contributed by atoms with Gasteiger partial charge >= 0.3 is 0 Å². The third kappa shape index (κ3) is 1.67. The molecule has 2 nitrogen and oxygen atoms in total. The first-order chi connectivity index (χ1) is 7.11. The molecule has 0 aliphatic carbocycles. The molecule has 0 fully saturated rings. The number of benzene rings is 1. The summed E-state index contributed by atoms with van der Waals surface area (Å²) in [6, 6.07) is 7.87. The van der Waals surface area contributed by atoms with Crippen LogP contribution in [0.3, 0.4) is 0 Å². The number of hydrogen-bond acceptors (Lipinski definition) is 2. The van der Waals surface area contributed by atoms with Crippen molar-refractivity contribution in [2.45, 2.75) is 13.8 Å². The van der Waals surface area contributed by atoms with E-state index in [1.54, 1.807) is 6.07 Å². The number of rotatable bonds is 0. The van der Waals surface area contributed by atoms with Gasteiger partial charge < -0.3 is 0 Å². The number of aryl methyl sites for hydroxylation is 2. The van der Waals surface area contributed by atoms with Crippen molar-refractivity contribution >= 4 is 22.5 Å². The van der Waals surface area contributed by atoms with E-state index in [0.29, 0.717) is 5.56 Å². The summed E-state index contributed by atoms with van der Waals surface area (Å²) in [5.41, 5.74) is 3.53. The highest BCUT2D eigenvalue weighted by Gasteiger charge is 2.06. The molecule has 1 aromatic carbocycles. The van der Waals surface area contributed by atoms with Gasteiger partial charge in [-0.3, -0.25) is 0 Å². The number of aromatic nitrogens is 1. The fourth-order valence-corrected chi connectivity index (χ4v) is 1.89. The lowest BCUT2D eigenvalue weighted by atomic mass is 10.1. The Morgan fingerprint density at radius 2 is 2.00 bits per heavy atom. The van der Waals surface area contributed by atoms with E-state index in [0.717, 1.165) is 22.0 Å². The molecule has 0 amide bonds. The van der Waals surface area contributed by atoms with Crippen molar-refractivity contribution in [1.82, 2.24) is 4.98 Å². The molecule has 2 rings (SSSR count). The van der Waals surface area contributed by atoms with Gasteiger partial charge in [0.1, 0.15) is 11.2 Å². The monoisotopic (exact) mass is 216 g/mol. The van der Waals surface area contributed by atoms with Crippen LogP contribution in [0, 0.1) is 25.2 Å². The molecule has 0 saturated heterocycles. The second-order valence-electron chi connectivity index (χ2n) is 3.59. The van der Waals surface area contributed by atoms with Crippen LogP contribution in [0.4, 0.5) is 0 Å². The Kier molecular flexibility index (Phi) is 2.34. The van der Waals surface area contributed by atoms with Gasteiger partial charge in [-0.05, 0) is 31.5 Å². The Hall–Kier alpha value is -1.59. The molecule has 74 valence electrons. The maximum Gasteiger partial charge on any atom is 0.147 e. The molecule has 1 aromatic heterocycles. The van der Waals surface area contributed by atoms with Crippen molar-refractivity contribution in [3.05, 3.63) is 40.0 Å². The average molecular weight is 217 g/mol. The molecule has 0 radical (unpaired) electrons. The molecule has 0 spiro atoms. The molecule has 3 heteroatoms. The summed E-state index contributed by atoms with van der Waals surface area (Å²) >= 11 is 5.88. The molecular formula is C12H9ClN2. The highest BCUT2D eigenvalue weighted by atomic mass is 35.5. The minimum atomic E-state index is 0.275. The topological polar surface area (TPSA) is 36.7 Å². The normalized spacial score (nSPS) is 10.3. The maximum atomic E-state index is 8.84. The van der Waals surface area contributed by atoms with Crippen molar-refractivity contribution in [1.29, 1.82) is 5.26 Å². The van der Waals surface area contributed by atoms with Crippen LogP contribution >= 0.6 is 11.6 Å². The Morgan fingerprint density at radius 3 is 2.67 bits per heavy atom. The number of fused-ring (bicyclic) bond motifs is 1. The summed E-state index contributed by atoms with van der Waals surface area (Å²) in [7, 11) is 0. The first kappa shape index (κ1) is 9.95. The van der Waals surface area contributed by atoms with Crippen LogP contribution in [-0.4, -0.2) is 4.98 Å². The second-order valence-corrected chi connectivity index (χ2v) is 3.95. The lowest BCUT2D eigenvalue weighted by Crippen LogP contribution is -1.89. The van der Waals surface area contributed by atoms with Crippen LogP contribution in [0.25, 0.3) is 10.9 Å². The van der Waals surface area contributed by atoms with E-state index in [9.17, 15) is 0 Å². The van der Waals surface area contributed by atoms with Gasteiger partial charge in [-0.15, -0.1) is 0 Å². The van der Waals surface area contributed by atoms with Gasteiger partial charge in [0.2, 0.25) is 0 Å². The molecule has 0 aliphatic rings. The fourth-order valence-electron chi connectivity index (χ4n) is 1.71. The third-order valence-electron chi connectivity index (χ3n) is 2.33. The molecule has 0 unspecified atom stereocenters. The molecule has 0 aliphatic heterocycles. The van der Waals surface area contributed by atoms with E-state index in [2.05, 4.69) is 11.1 Å². The summed E-state index contributed by atoms with van der Waals surface area (Å²) < 4.78 is 0. The largest absolute Gasteiger partial charge is 0.234 e. The average Bonchev–Trinajstić information content (AvgIpc) is 2.18. The van der Waals surface area contributed by atoms with Crippen molar-refractivity contribution < 1.29 is 0 Å². The number of nitriles is 1. The summed E-state index contributed by atoms with van der Waals surface area (Å²) in [6.07, 6.45) is 0. The first-order valence-electron chi connectivity index (χ1n) is 4.59. The standard InChI is InChI=1S/C12H9ClN2/c1-7-3-8(2)11-9(4-7)5-10(6-14)12(13)15-11/h3-5H,1-2H3. The summed E-state index contributed by atoms with van der Waals surface area (Å²) in [6.45, 7) is 4.01. The van der Waals surface area contributed by atoms with E-state index >= 15 is 0 Å². The molecule has 15 heavy (non-hydrogen) atoms. The number of nitrogens with zero attached hydrogens (tertiary/aromatic N) is 2. The zero-order valence-electron chi connectivity index (χ0n) is 8.50. The minimum Gasteiger partial charge on any atom is -0.234 e. The Morgan fingerprint density at radius 1 is 1.27 bits per heavy atom. The van der Waals surface area contributed by atoms with Gasteiger partial charge in [0, 0.05) is 5.39 Å². The minimum absolute atomic E-state index is 0.275.